The highest BCUT2D eigenvalue weighted by atomic mass is 35.5. The molecule has 0 atom stereocenters. The molecule has 8 heteroatoms. The van der Waals surface area contributed by atoms with Gasteiger partial charge in [-0.2, -0.15) is 0 Å². The molecule has 1 aliphatic rings. The Morgan fingerprint density at radius 2 is 1.93 bits per heavy atom. The largest absolute Gasteiger partial charge is 0.509 e. The van der Waals surface area contributed by atoms with Crippen LogP contribution in [0.4, 0.5) is 5.69 Å². The van der Waals surface area contributed by atoms with Gasteiger partial charge in [0.15, 0.2) is 0 Å². The van der Waals surface area contributed by atoms with E-state index in [-0.39, 0.29) is 18.1 Å². The second kappa shape index (κ2) is 6.76. The van der Waals surface area contributed by atoms with Crippen molar-refractivity contribution in [3.63, 3.8) is 0 Å². The summed E-state index contributed by atoms with van der Waals surface area (Å²) in [5, 5.41) is 19.9. The van der Waals surface area contributed by atoms with Crippen LogP contribution in [0, 0.1) is 5.41 Å². The summed E-state index contributed by atoms with van der Waals surface area (Å²) in [6.45, 7) is 0.136. The molecule has 0 unspecified atom stereocenters. The molecule has 3 aromatic rings. The summed E-state index contributed by atoms with van der Waals surface area (Å²) >= 11 is 6.14. The van der Waals surface area contributed by atoms with Gasteiger partial charge in [-0.25, -0.2) is 4.98 Å². The van der Waals surface area contributed by atoms with E-state index >= 15 is 0 Å². The van der Waals surface area contributed by atoms with E-state index in [9.17, 15) is 5.11 Å². The van der Waals surface area contributed by atoms with Gasteiger partial charge in [0.05, 0.1) is 43.1 Å². The van der Waals surface area contributed by atoms with Crippen molar-refractivity contribution in [1.82, 2.24) is 9.55 Å². The molecule has 7 nitrogen and oxygen atoms in total. The minimum Gasteiger partial charge on any atom is -0.509 e. The van der Waals surface area contributed by atoms with E-state index in [2.05, 4.69) is 4.98 Å². The number of hydrogen-bond donors (Lipinski definition) is 2. The first-order chi connectivity index (χ1) is 13.4. The molecule has 0 saturated heterocycles. The molecule has 1 aromatic heterocycles. The van der Waals surface area contributed by atoms with E-state index in [1.807, 2.05) is 29.8 Å². The van der Waals surface area contributed by atoms with Crippen LogP contribution < -0.4 is 14.4 Å². The van der Waals surface area contributed by atoms with Crippen LogP contribution in [0.3, 0.4) is 0 Å². The van der Waals surface area contributed by atoms with Crippen LogP contribution >= 0.6 is 11.6 Å². The highest BCUT2D eigenvalue weighted by Crippen LogP contribution is 2.38. The fourth-order valence-corrected chi connectivity index (χ4v) is 3.59. The molecule has 0 spiro atoms. The van der Waals surface area contributed by atoms with Gasteiger partial charge in [0.1, 0.15) is 28.9 Å². The van der Waals surface area contributed by atoms with Crippen molar-refractivity contribution in [2.24, 2.45) is 7.05 Å². The Bertz CT molecular complexity index is 1140. The standard InChI is InChI=1S/C20H19ClN4O3/c1-24-14-6-5-12(27-2)9-13(14)23-20(24)18-16(26)10-25(19(18)22)15-8-11(21)4-7-17(15)28-3/h4-9,22,26H,10H2,1-3H3. The molecule has 0 bridgehead atoms. The minimum atomic E-state index is 0.0670. The first-order valence-corrected chi connectivity index (χ1v) is 8.95. The number of ether oxygens (including phenoxy) is 2. The Morgan fingerprint density at radius 3 is 2.64 bits per heavy atom. The molecule has 4 rings (SSSR count). The van der Waals surface area contributed by atoms with E-state index < -0.39 is 0 Å². The monoisotopic (exact) mass is 398 g/mol. The quantitative estimate of drug-likeness (QED) is 0.693. The number of methoxy groups -OCH3 is 2. The number of aryl methyl sites for hydroxylation is 1. The maximum Gasteiger partial charge on any atom is 0.148 e. The number of fused-ring (bicyclic) bond motifs is 1. The lowest BCUT2D eigenvalue weighted by Crippen LogP contribution is -2.27. The number of halogens is 1. The summed E-state index contributed by atoms with van der Waals surface area (Å²) < 4.78 is 12.5. The Balaban J connectivity index is 1.79. The minimum absolute atomic E-state index is 0.0670. The number of benzene rings is 2. The summed E-state index contributed by atoms with van der Waals surface area (Å²) in [4.78, 5) is 6.28. The van der Waals surface area contributed by atoms with Gasteiger partial charge in [-0.05, 0) is 30.3 Å². The first-order valence-electron chi connectivity index (χ1n) is 8.57. The van der Waals surface area contributed by atoms with Crippen LogP contribution in [0.15, 0.2) is 42.2 Å². The Labute approximate surface area is 166 Å². The molecule has 0 amide bonds. The zero-order chi connectivity index (χ0) is 20.0. The third-order valence-corrected chi connectivity index (χ3v) is 5.08. The number of rotatable bonds is 4. The molecule has 0 radical (unpaired) electrons. The van der Waals surface area contributed by atoms with Gasteiger partial charge in [0.2, 0.25) is 0 Å². The maximum absolute atomic E-state index is 10.7. The van der Waals surface area contributed by atoms with Crippen molar-refractivity contribution < 1.29 is 14.6 Å². The van der Waals surface area contributed by atoms with E-state index in [1.54, 1.807) is 37.3 Å². The number of amidine groups is 1. The van der Waals surface area contributed by atoms with Gasteiger partial charge >= 0.3 is 0 Å². The predicted molar refractivity (Wildman–Crippen MR) is 110 cm³/mol. The fourth-order valence-electron chi connectivity index (χ4n) is 3.42. The highest BCUT2D eigenvalue weighted by molar-refractivity contribution is 6.33. The smallest absolute Gasteiger partial charge is 0.148 e. The summed E-state index contributed by atoms with van der Waals surface area (Å²) in [7, 11) is 5.01. The second-order valence-corrected chi connectivity index (χ2v) is 6.86. The third-order valence-electron chi connectivity index (χ3n) is 4.85. The topological polar surface area (TPSA) is 83.6 Å². The summed E-state index contributed by atoms with van der Waals surface area (Å²) in [6, 6.07) is 10.7. The van der Waals surface area contributed by atoms with Crippen LogP contribution in [-0.2, 0) is 7.05 Å². The average Bonchev–Trinajstić information content (AvgIpc) is 3.16. The van der Waals surface area contributed by atoms with Crippen LogP contribution in [0.5, 0.6) is 11.5 Å². The number of nitrogens with one attached hydrogen (secondary N) is 1. The molecule has 0 saturated carbocycles. The number of anilines is 1. The Morgan fingerprint density at radius 1 is 1.14 bits per heavy atom. The highest BCUT2D eigenvalue weighted by Gasteiger charge is 2.33. The summed E-state index contributed by atoms with van der Waals surface area (Å²) in [6.07, 6.45) is 0. The molecule has 2 aromatic carbocycles. The Kier molecular flexibility index (Phi) is 4.39. The first kappa shape index (κ1) is 18.2. The molecule has 1 aliphatic heterocycles. The lowest BCUT2D eigenvalue weighted by atomic mass is 10.2. The van der Waals surface area contributed by atoms with Crippen molar-refractivity contribution in [1.29, 1.82) is 5.41 Å². The predicted octanol–water partition coefficient (Wildman–Crippen LogP) is 4.01. The zero-order valence-corrected chi connectivity index (χ0v) is 16.4. The molecule has 2 N–H and O–H groups in total. The van der Waals surface area contributed by atoms with Gasteiger partial charge in [0, 0.05) is 18.1 Å². The summed E-state index contributed by atoms with van der Waals surface area (Å²) in [5.41, 5.74) is 2.59. The maximum atomic E-state index is 10.7. The van der Waals surface area contributed by atoms with Gasteiger partial charge in [-0.3, -0.25) is 5.41 Å². The Hall–Kier alpha value is -3.19. The molecule has 144 valence electrons. The van der Waals surface area contributed by atoms with Crippen molar-refractivity contribution in [2.75, 3.05) is 25.7 Å². The van der Waals surface area contributed by atoms with Gasteiger partial charge in [0.25, 0.3) is 0 Å². The van der Waals surface area contributed by atoms with Crippen LogP contribution in [0.1, 0.15) is 5.82 Å². The van der Waals surface area contributed by atoms with Crippen LogP contribution in [-0.4, -0.2) is 41.3 Å². The molecule has 2 heterocycles. The van der Waals surface area contributed by atoms with E-state index in [0.717, 1.165) is 11.0 Å². The molecule has 28 heavy (non-hydrogen) atoms. The normalized spacial score (nSPS) is 14.3. The van der Waals surface area contributed by atoms with E-state index in [0.29, 0.717) is 33.6 Å². The lowest BCUT2D eigenvalue weighted by Gasteiger charge is -2.21. The number of hydrogen-bond acceptors (Lipinski definition) is 5. The van der Waals surface area contributed by atoms with Crippen molar-refractivity contribution >= 4 is 39.7 Å². The zero-order valence-electron chi connectivity index (χ0n) is 15.7. The van der Waals surface area contributed by atoms with Crippen molar-refractivity contribution in [3.05, 3.63) is 53.0 Å². The lowest BCUT2D eigenvalue weighted by molar-refractivity contribution is 0.406. The average molecular weight is 399 g/mol. The van der Waals surface area contributed by atoms with E-state index in [4.69, 9.17) is 26.5 Å². The van der Waals surface area contributed by atoms with Crippen molar-refractivity contribution in [3.8, 4) is 11.5 Å². The number of imidazole rings is 1. The van der Waals surface area contributed by atoms with Crippen LogP contribution in [0.25, 0.3) is 16.6 Å². The van der Waals surface area contributed by atoms with Gasteiger partial charge in [-0.15, -0.1) is 0 Å². The molecular formula is C20H19ClN4O3. The number of aliphatic hydroxyl groups is 1. The SMILES string of the molecule is COc1ccc2c(c1)nc(C1=C(O)CN(c3cc(Cl)ccc3OC)C1=N)n2C. The fraction of sp³-hybridized carbons (Fsp3) is 0.200. The second-order valence-electron chi connectivity index (χ2n) is 6.42. The third kappa shape index (κ3) is 2.75. The molecule has 0 aliphatic carbocycles. The molecule has 0 fully saturated rings. The van der Waals surface area contributed by atoms with Crippen molar-refractivity contribution in [2.45, 2.75) is 0 Å². The number of nitrogens with zero attached hydrogens (tertiary/aromatic N) is 3. The van der Waals surface area contributed by atoms with Gasteiger partial charge in [-0.1, -0.05) is 11.6 Å². The molecular weight excluding hydrogens is 380 g/mol. The number of aromatic nitrogens is 2. The van der Waals surface area contributed by atoms with E-state index in [1.165, 1.54) is 0 Å². The van der Waals surface area contributed by atoms with Gasteiger partial charge < -0.3 is 24.0 Å². The number of aliphatic hydroxyl groups excluding tert-OH is 1. The van der Waals surface area contributed by atoms with Crippen LogP contribution in [0.2, 0.25) is 5.02 Å². The summed E-state index contributed by atoms with van der Waals surface area (Å²) in [5.74, 6) is 1.97.